The molecule has 17 heavy (non-hydrogen) atoms. The van der Waals surface area contributed by atoms with Crippen molar-refractivity contribution in [3.8, 4) is 0 Å². The average Bonchev–Trinajstić information content (AvgIpc) is 2.15. The van der Waals surface area contributed by atoms with Gasteiger partial charge in [0.25, 0.3) is 0 Å². The van der Waals surface area contributed by atoms with E-state index in [2.05, 4.69) is 52.0 Å². The van der Waals surface area contributed by atoms with Gasteiger partial charge in [0.2, 0.25) is 0 Å². The Morgan fingerprint density at radius 3 is 1.35 bits per heavy atom. The number of halogens is 4. The van der Waals surface area contributed by atoms with Gasteiger partial charge < -0.3 is 17.3 Å². The van der Waals surface area contributed by atoms with Crippen LogP contribution in [0.1, 0.15) is 50.7 Å². The Bertz CT molecular complexity index is 302. The van der Waals surface area contributed by atoms with Crippen LogP contribution in [0.4, 0.5) is 17.3 Å². The van der Waals surface area contributed by atoms with E-state index in [1.807, 2.05) is 0 Å². The van der Waals surface area contributed by atoms with Crippen LogP contribution < -0.4 is 0 Å². The molecule has 1 aromatic rings. The fourth-order valence-electron chi connectivity index (χ4n) is 1.28. The molecule has 0 saturated heterocycles. The van der Waals surface area contributed by atoms with Gasteiger partial charge in [-0.15, -0.1) is 0 Å². The summed E-state index contributed by atoms with van der Waals surface area (Å²) < 4.78 is 39.0. The fraction of sp³-hybridized carbons (Fsp3) is 0.500. The molecule has 1 aromatic carbocycles. The van der Waals surface area contributed by atoms with Crippen LogP contribution in [0.3, 0.4) is 0 Å². The van der Waals surface area contributed by atoms with Gasteiger partial charge in [-0.05, 0) is 23.0 Å². The summed E-state index contributed by atoms with van der Waals surface area (Å²) >= 11 is 0. The average molecular weight is 249 g/mol. The summed E-state index contributed by atoms with van der Waals surface area (Å²) in [5.74, 6) is 1.28. The fourth-order valence-corrected chi connectivity index (χ4v) is 1.28. The zero-order valence-corrected chi connectivity index (χ0v) is 10.6. The molecular formula is C12H18BF4-. The summed E-state index contributed by atoms with van der Waals surface area (Å²) in [6.45, 7) is 8.94. The third-order valence-electron chi connectivity index (χ3n) is 2.24. The first kappa shape index (κ1) is 16.0. The Morgan fingerprint density at radius 2 is 1.12 bits per heavy atom. The van der Waals surface area contributed by atoms with Crippen molar-refractivity contribution >= 4 is 7.25 Å². The lowest BCUT2D eigenvalue weighted by Crippen LogP contribution is -2.02. The predicted molar refractivity (Wildman–Crippen MR) is 64.8 cm³/mol. The van der Waals surface area contributed by atoms with Crippen LogP contribution in [-0.4, -0.2) is 7.25 Å². The molecule has 0 atom stereocenters. The molecule has 0 spiro atoms. The molecule has 0 amide bonds. The minimum absolute atomic E-state index is 0.642. The number of hydrogen-bond acceptors (Lipinski definition) is 0. The van der Waals surface area contributed by atoms with Crippen molar-refractivity contribution < 1.29 is 17.3 Å². The molecule has 0 fully saturated rings. The molecule has 98 valence electrons. The number of benzene rings is 1. The maximum atomic E-state index is 9.75. The molecule has 0 nitrogen and oxygen atoms in total. The van der Waals surface area contributed by atoms with E-state index < -0.39 is 7.25 Å². The normalized spacial score (nSPS) is 11.4. The van der Waals surface area contributed by atoms with Crippen LogP contribution in [0.2, 0.25) is 0 Å². The summed E-state index contributed by atoms with van der Waals surface area (Å²) in [5.41, 5.74) is 2.89. The zero-order valence-electron chi connectivity index (χ0n) is 10.6. The van der Waals surface area contributed by atoms with Crippen LogP contribution >= 0.6 is 0 Å². The molecule has 0 heterocycles. The van der Waals surface area contributed by atoms with Gasteiger partial charge in [0.15, 0.2) is 0 Å². The van der Waals surface area contributed by atoms with Crippen molar-refractivity contribution in [1.82, 2.24) is 0 Å². The topological polar surface area (TPSA) is 0 Å². The zero-order chi connectivity index (χ0) is 13.6. The summed E-state index contributed by atoms with van der Waals surface area (Å²) in [5, 5.41) is 0. The second-order valence-corrected chi connectivity index (χ2v) is 4.47. The first-order valence-electron chi connectivity index (χ1n) is 5.58. The molecule has 0 radical (unpaired) electrons. The molecule has 0 aliphatic rings. The van der Waals surface area contributed by atoms with E-state index in [0.717, 1.165) is 0 Å². The summed E-state index contributed by atoms with van der Waals surface area (Å²) in [7, 11) is -6.00. The highest BCUT2D eigenvalue weighted by atomic mass is 19.5. The molecule has 1 rings (SSSR count). The van der Waals surface area contributed by atoms with Gasteiger partial charge in [-0.2, -0.15) is 0 Å². The highest BCUT2D eigenvalue weighted by Crippen LogP contribution is 2.20. The quantitative estimate of drug-likeness (QED) is 0.497. The molecule has 0 aliphatic heterocycles. The minimum atomic E-state index is -6.00. The lowest BCUT2D eigenvalue weighted by molar-refractivity contribution is 0.368. The largest absolute Gasteiger partial charge is 0.673 e. The molecule has 0 aromatic heterocycles. The van der Waals surface area contributed by atoms with Crippen molar-refractivity contribution in [2.24, 2.45) is 0 Å². The van der Waals surface area contributed by atoms with Gasteiger partial charge in [-0.3, -0.25) is 0 Å². The van der Waals surface area contributed by atoms with E-state index in [0.29, 0.717) is 11.8 Å². The van der Waals surface area contributed by atoms with Crippen LogP contribution in [-0.2, 0) is 0 Å². The van der Waals surface area contributed by atoms with Gasteiger partial charge >= 0.3 is 7.25 Å². The van der Waals surface area contributed by atoms with Crippen molar-refractivity contribution in [2.45, 2.75) is 39.5 Å². The molecule has 0 N–H and O–H groups in total. The van der Waals surface area contributed by atoms with Crippen LogP contribution in [0.15, 0.2) is 24.3 Å². The van der Waals surface area contributed by atoms with Gasteiger partial charge in [-0.1, -0.05) is 52.0 Å². The van der Waals surface area contributed by atoms with Crippen LogP contribution in [0, 0.1) is 0 Å². The molecule has 0 saturated carbocycles. The monoisotopic (exact) mass is 249 g/mol. The second kappa shape index (κ2) is 6.67. The lowest BCUT2D eigenvalue weighted by Gasteiger charge is -2.09. The maximum Gasteiger partial charge on any atom is 0.673 e. The van der Waals surface area contributed by atoms with Gasteiger partial charge in [0, 0.05) is 0 Å². The number of hydrogen-bond donors (Lipinski definition) is 0. The van der Waals surface area contributed by atoms with Crippen molar-refractivity contribution in [3.63, 3.8) is 0 Å². The highest BCUT2D eigenvalue weighted by Gasteiger charge is 2.20. The Kier molecular flexibility index (Phi) is 6.28. The molecule has 0 bridgehead atoms. The standard InChI is InChI=1S/C12H18.BF4/c1-9(2)11-6-5-7-12(8-11)10(3)4;2-1(3,4)5/h5-10H,1-4H3;/q;-1. The Morgan fingerprint density at radius 1 is 0.824 bits per heavy atom. The van der Waals surface area contributed by atoms with Gasteiger partial charge in [0.1, 0.15) is 0 Å². The maximum absolute atomic E-state index is 9.75. The molecule has 0 unspecified atom stereocenters. The Hall–Kier alpha value is -0.995. The molecule has 0 aliphatic carbocycles. The lowest BCUT2D eigenvalue weighted by atomic mass is 9.96. The van der Waals surface area contributed by atoms with Crippen molar-refractivity contribution in [3.05, 3.63) is 35.4 Å². The van der Waals surface area contributed by atoms with Crippen molar-refractivity contribution in [1.29, 1.82) is 0 Å². The summed E-state index contributed by atoms with van der Waals surface area (Å²) in [6, 6.07) is 8.88. The minimum Gasteiger partial charge on any atom is -0.418 e. The summed E-state index contributed by atoms with van der Waals surface area (Å²) in [6.07, 6.45) is 0. The van der Waals surface area contributed by atoms with E-state index >= 15 is 0 Å². The van der Waals surface area contributed by atoms with Gasteiger partial charge in [0.05, 0.1) is 0 Å². The van der Waals surface area contributed by atoms with Crippen LogP contribution in [0.25, 0.3) is 0 Å². The van der Waals surface area contributed by atoms with E-state index in [1.54, 1.807) is 0 Å². The third-order valence-corrected chi connectivity index (χ3v) is 2.24. The van der Waals surface area contributed by atoms with Crippen molar-refractivity contribution in [2.75, 3.05) is 0 Å². The smallest absolute Gasteiger partial charge is 0.418 e. The first-order chi connectivity index (χ1) is 7.61. The van der Waals surface area contributed by atoms with E-state index in [4.69, 9.17) is 0 Å². The highest BCUT2D eigenvalue weighted by molar-refractivity contribution is 6.50. The van der Waals surface area contributed by atoms with Crippen LogP contribution in [0.5, 0.6) is 0 Å². The second-order valence-electron chi connectivity index (χ2n) is 4.47. The molecule has 5 heteroatoms. The third kappa shape index (κ3) is 8.78. The van der Waals surface area contributed by atoms with E-state index in [-0.39, 0.29) is 0 Å². The SMILES string of the molecule is CC(C)c1cccc(C(C)C)c1.F[B-](F)(F)F. The van der Waals surface area contributed by atoms with E-state index in [1.165, 1.54) is 11.1 Å². The molecular weight excluding hydrogens is 231 g/mol. The summed E-state index contributed by atoms with van der Waals surface area (Å²) in [4.78, 5) is 0. The predicted octanol–water partition coefficient (Wildman–Crippen LogP) is 5.23. The number of rotatable bonds is 2. The Balaban J connectivity index is 0.000000437. The van der Waals surface area contributed by atoms with E-state index in [9.17, 15) is 17.3 Å². The van der Waals surface area contributed by atoms with Gasteiger partial charge in [-0.25, -0.2) is 0 Å². The Labute approximate surface area is 100 Å². The first-order valence-corrected chi connectivity index (χ1v) is 5.58.